The summed E-state index contributed by atoms with van der Waals surface area (Å²) in [5.41, 5.74) is 2.21. The summed E-state index contributed by atoms with van der Waals surface area (Å²) in [5.74, 6) is -0.0500. The number of para-hydroxylation sites is 1. The summed E-state index contributed by atoms with van der Waals surface area (Å²) in [6.45, 7) is 1.88. The normalized spacial score (nSPS) is 10.6. The minimum atomic E-state index is -0.671. The minimum Gasteiger partial charge on any atom is -0.432 e. The van der Waals surface area contributed by atoms with E-state index in [1.165, 1.54) is 0 Å². The molecule has 0 radical (unpaired) electrons. The standard InChI is InChI=1S/C9H6ClNO2/c1-5-3-2-4-6-7(5)13-9(11-6)8(10)12/h2-4H,1H3. The van der Waals surface area contributed by atoms with E-state index in [9.17, 15) is 4.79 Å². The molecule has 0 aliphatic rings. The Balaban J connectivity index is 2.75. The van der Waals surface area contributed by atoms with Gasteiger partial charge < -0.3 is 4.42 Å². The Labute approximate surface area is 79.3 Å². The molecule has 13 heavy (non-hydrogen) atoms. The Bertz CT molecular complexity index is 475. The zero-order valence-electron chi connectivity index (χ0n) is 6.87. The van der Waals surface area contributed by atoms with Gasteiger partial charge in [0.15, 0.2) is 5.58 Å². The van der Waals surface area contributed by atoms with E-state index in [0.29, 0.717) is 11.1 Å². The molecule has 0 spiro atoms. The quantitative estimate of drug-likeness (QED) is 0.657. The Hall–Kier alpha value is -1.35. The summed E-state index contributed by atoms with van der Waals surface area (Å²) in [7, 11) is 0. The molecule has 2 rings (SSSR count). The van der Waals surface area contributed by atoms with Crippen molar-refractivity contribution in [2.45, 2.75) is 6.92 Å². The van der Waals surface area contributed by atoms with Gasteiger partial charge in [-0.25, -0.2) is 4.98 Å². The molecule has 0 aliphatic heterocycles. The first-order valence-corrected chi connectivity index (χ1v) is 4.12. The summed E-state index contributed by atoms with van der Waals surface area (Å²) in [4.78, 5) is 14.7. The molecule has 66 valence electrons. The number of hydrogen-bond acceptors (Lipinski definition) is 3. The summed E-state index contributed by atoms with van der Waals surface area (Å²) in [6.07, 6.45) is 0. The first-order chi connectivity index (χ1) is 6.18. The van der Waals surface area contributed by atoms with Gasteiger partial charge in [0.25, 0.3) is 5.89 Å². The molecule has 4 heteroatoms. The predicted molar refractivity (Wildman–Crippen MR) is 48.9 cm³/mol. The van der Waals surface area contributed by atoms with Crippen LogP contribution in [0, 0.1) is 6.92 Å². The lowest BCUT2D eigenvalue weighted by Crippen LogP contribution is -1.85. The lowest BCUT2D eigenvalue weighted by molar-refractivity contribution is 0.105. The first kappa shape index (κ1) is 8.26. The Kier molecular flexibility index (Phi) is 1.81. The fraction of sp³-hybridized carbons (Fsp3) is 0.111. The van der Waals surface area contributed by atoms with Gasteiger partial charge in [-0.3, -0.25) is 4.79 Å². The maximum Gasteiger partial charge on any atom is 0.307 e. The third-order valence-corrected chi connectivity index (χ3v) is 1.94. The van der Waals surface area contributed by atoms with E-state index < -0.39 is 5.24 Å². The number of benzene rings is 1. The molecule has 0 fully saturated rings. The van der Waals surface area contributed by atoms with E-state index in [1.807, 2.05) is 19.1 Å². The van der Waals surface area contributed by atoms with Crippen molar-refractivity contribution in [3.63, 3.8) is 0 Å². The number of carbonyl (C=O) groups is 1. The molecular formula is C9H6ClNO2. The molecule has 0 atom stereocenters. The highest BCUT2D eigenvalue weighted by Crippen LogP contribution is 2.19. The van der Waals surface area contributed by atoms with Gasteiger partial charge in [0, 0.05) is 0 Å². The Morgan fingerprint density at radius 3 is 2.92 bits per heavy atom. The van der Waals surface area contributed by atoms with Gasteiger partial charge in [-0.1, -0.05) is 12.1 Å². The third kappa shape index (κ3) is 1.31. The highest BCUT2D eigenvalue weighted by Gasteiger charge is 2.12. The lowest BCUT2D eigenvalue weighted by Gasteiger charge is -1.89. The van der Waals surface area contributed by atoms with Crippen LogP contribution in [0.25, 0.3) is 11.1 Å². The first-order valence-electron chi connectivity index (χ1n) is 3.74. The van der Waals surface area contributed by atoms with Crippen molar-refractivity contribution in [1.82, 2.24) is 4.98 Å². The molecule has 0 saturated heterocycles. The molecule has 3 nitrogen and oxygen atoms in total. The van der Waals surface area contributed by atoms with Gasteiger partial charge in [-0.05, 0) is 30.2 Å². The molecule has 0 amide bonds. The van der Waals surface area contributed by atoms with Crippen molar-refractivity contribution in [3.05, 3.63) is 29.7 Å². The minimum absolute atomic E-state index is 0.0500. The van der Waals surface area contributed by atoms with Crippen molar-refractivity contribution in [2.24, 2.45) is 0 Å². The van der Waals surface area contributed by atoms with Gasteiger partial charge in [0.1, 0.15) is 5.52 Å². The topological polar surface area (TPSA) is 43.1 Å². The molecule has 0 aliphatic carbocycles. The summed E-state index contributed by atoms with van der Waals surface area (Å²) in [5, 5.41) is -0.671. The summed E-state index contributed by atoms with van der Waals surface area (Å²) >= 11 is 5.23. The molecule has 0 N–H and O–H groups in total. The fourth-order valence-corrected chi connectivity index (χ4v) is 1.25. The molecule has 2 aromatic rings. The molecule has 0 saturated carbocycles. The number of oxazole rings is 1. The molecular weight excluding hydrogens is 190 g/mol. The average Bonchev–Trinajstić information content (AvgIpc) is 2.49. The molecule has 1 aromatic heterocycles. The van der Waals surface area contributed by atoms with Crippen LogP contribution in [-0.2, 0) is 0 Å². The maximum atomic E-state index is 10.7. The maximum absolute atomic E-state index is 10.7. The van der Waals surface area contributed by atoms with Crippen LogP contribution in [0.1, 0.15) is 16.2 Å². The smallest absolute Gasteiger partial charge is 0.307 e. The Morgan fingerprint density at radius 1 is 1.54 bits per heavy atom. The molecule has 1 aromatic carbocycles. The number of nitrogens with zero attached hydrogens (tertiary/aromatic N) is 1. The summed E-state index contributed by atoms with van der Waals surface area (Å²) in [6, 6.07) is 5.51. The second-order valence-electron chi connectivity index (χ2n) is 2.72. The molecule has 1 heterocycles. The largest absolute Gasteiger partial charge is 0.432 e. The van der Waals surface area contributed by atoms with Crippen LogP contribution in [-0.4, -0.2) is 10.2 Å². The van der Waals surface area contributed by atoms with Crippen molar-refractivity contribution in [1.29, 1.82) is 0 Å². The number of rotatable bonds is 1. The van der Waals surface area contributed by atoms with Gasteiger partial charge in [-0.2, -0.15) is 0 Å². The Morgan fingerprint density at radius 2 is 2.31 bits per heavy atom. The SMILES string of the molecule is Cc1cccc2nc(C(=O)Cl)oc12. The lowest BCUT2D eigenvalue weighted by atomic mass is 10.2. The molecule has 0 unspecified atom stereocenters. The van der Waals surface area contributed by atoms with Crippen molar-refractivity contribution in [2.75, 3.05) is 0 Å². The van der Waals surface area contributed by atoms with E-state index >= 15 is 0 Å². The number of carbonyl (C=O) groups excluding carboxylic acids is 1. The van der Waals surface area contributed by atoms with E-state index in [-0.39, 0.29) is 5.89 Å². The number of aromatic nitrogens is 1. The van der Waals surface area contributed by atoms with Crippen LogP contribution in [0.5, 0.6) is 0 Å². The monoisotopic (exact) mass is 195 g/mol. The summed E-state index contributed by atoms with van der Waals surface area (Å²) < 4.78 is 5.17. The van der Waals surface area contributed by atoms with Crippen molar-refractivity contribution < 1.29 is 9.21 Å². The van der Waals surface area contributed by atoms with E-state index in [1.54, 1.807) is 6.07 Å². The van der Waals surface area contributed by atoms with Crippen molar-refractivity contribution in [3.8, 4) is 0 Å². The highest BCUT2D eigenvalue weighted by molar-refractivity contribution is 6.67. The second kappa shape index (κ2) is 2.85. The van der Waals surface area contributed by atoms with E-state index in [4.69, 9.17) is 16.0 Å². The van der Waals surface area contributed by atoms with Crippen molar-refractivity contribution >= 4 is 27.9 Å². The van der Waals surface area contributed by atoms with Gasteiger partial charge >= 0.3 is 5.24 Å². The fourth-order valence-electron chi connectivity index (χ4n) is 1.17. The number of fused-ring (bicyclic) bond motifs is 1. The zero-order chi connectivity index (χ0) is 9.42. The second-order valence-corrected chi connectivity index (χ2v) is 3.06. The number of hydrogen-bond donors (Lipinski definition) is 0. The zero-order valence-corrected chi connectivity index (χ0v) is 7.63. The predicted octanol–water partition coefficient (Wildman–Crippen LogP) is 2.52. The van der Waals surface area contributed by atoms with Crippen LogP contribution >= 0.6 is 11.6 Å². The third-order valence-electron chi connectivity index (χ3n) is 1.78. The number of aryl methyl sites for hydroxylation is 1. The van der Waals surface area contributed by atoms with Gasteiger partial charge in [-0.15, -0.1) is 0 Å². The van der Waals surface area contributed by atoms with E-state index in [0.717, 1.165) is 5.56 Å². The molecule has 0 bridgehead atoms. The van der Waals surface area contributed by atoms with Crippen LogP contribution in [0.2, 0.25) is 0 Å². The average molecular weight is 196 g/mol. The highest BCUT2D eigenvalue weighted by atomic mass is 35.5. The van der Waals surface area contributed by atoms with E-state index in [2.05, 4.69) is 4.98 Å². The van der Waals surface area contributed by atoms with Gasteiger partial charge in [0.2, 0.25) is 0 Å². The van der Waals surface area contributed by atoms with Crippen LogP contribution in [0.4, 0.5) is 0 Å². The van der Waals surface area contributed by atoms with Crippen LogP contribution in [0.3, 0.4) is 0 Å². The number of halogens is 1. The van der Waals surface area contributed by atoms with Gasteiger partial charge in [0.05, 0.1) is 0 Å². The van der Waals surface area contributed by atoms with Crippen LogP contribution < -0.4 is 0 Å². The van der Waals surface area contributed by atoms with Crippen LogP contribution in [0.15, 0.2) is 22.6 Å².